The maximum Gasteiger partial charge on any atom is 0.270 e. The van der Waals surface area contributed by atoms with Crippen molar-refractivity contribution in [2.45, 2.75) is 44.9 Å². The van der Waals surface area contributed by atoms with Crippen LogP contribution in [-0.2, 0) is 30.7 Å². The molecule has 2 aromatic heterocycles. The van der Waals surface area contributed by atoms with E-state index in [1.54, 1.807) is 7.11 Å². The Morgan fingerprint density at radius 1 is 1.29 bits per heavy atom. The lowest BCUT2D eigenvalue weighted by Crippen LogP contribution is -2.35. The molecular formula is C20H23N5O2S. The standard InChI is InChI=1S/C20H23N5O2S/c1-27-12-18-24-23-17-8-7-15(9-10-25(17)18)21-20(26)16-13-28-19(22-16)11-14-5-3-2-4-6-14/h2-6,13,15H,7-12H2,1H3,(H,21,26). The second-order valence-corrected chi connectivity index (χ2v) is 7.85. The van der Waals surface area contributed by atoms with E-state index >= 15 is 0 Å². The van der Waals surface area contributed by atoms with Crippen LogP contribution in [-0.4, -0.2) is 38.8 Å². The van der Waals surface area contributed by atoms with Crippen molar-refractivity contribution in [3.8, 4) is 0 Å². The van der Waals surface area contributed by atoms with E-state index in [1.165, 1.54) is 16.9 Å². The molecule has 0 radical (unpaired) electrons. The van der Waals surface area contributed by atoms with Crippen molar-refractivity contribution in [1.82, 2.24) is 25.1 Å². The predicted octanol–water partition coefficient (Wildman–Crippen LogP) is 2.61. The van der Waals surface area contributed by atoms with Gasteiger partial charge in [-0.15, -0.1) is 21.5 Å². The van der Waals surface area contributed by atoms with E-state index in [0.29, 0.717) is 12.3 Å². The predicted molar refractivity (Wildman–Crippen MR) is 106 cm³/mol. The number of thiazole rings is 1. The van der Waals surface area contributed by atoms with E-state index in [0.717, 1.165) is 48.9 Å². The van der Waals surface area contributed by atoms with Gasteiger partial charge < -0.3 is 14.6 Å². The second kappa shape index (κ2) is 8.62. The Labute approximate surface area is 167 Å². The Morgan fingerprint density at radius 2 is 2.14 bits per heavy atom. The van der Waals surface area contributed by atoms with E-state index in [2.05, 4.69) is 37.2 Å². The zero-order valence-corrected chi connectivity index (χ0v) is 16.6. The molecule has 0 saturated carbocycles. The molecule has 28 heavy (non-hydrogen) atoms. The fourth-order valence-corrected chi connectivity index (χ4v) is 4.26. The minimum atomic E-state index is -0.102. The summed E-state index contributed by atoms with van der Waals surface area (Å²) in [5.74, 6) is 1.70. The molecule has 1 aliphatic heterocycles. The Morgan fingerprint density at radius 3 is 2.96 bits per heavy atom. The van der Waals surface area contributed by atoms with E-state index in [9.17, 15) is 4.79 Å². The highest BCUT2D eigenvalue weighted by Gasteiger charge is 2.22. The second-order valence-electron chi connectivity index (χ2n) is 6.90. The first kappa shape index (κ1) is 18.8. The van der Waals surface area contributed by atoms with E-state index in [1.807, 2.05) is 23.6 Å². The average molecular weight is 398 g/mol. The number of rotatable bonds is 6. The molecule has 1 N–H and O–H groups in total. The van der Waals surface area contributed by atoms with Gasteiger partial charge in [-0.3, -0.25) is 4.79 Å². The van der Waals surface area contributed by atoms with Crippen LogP contribution in [0.25, 0.3) is 0 Å². The molecule has 0 aliphatic carbocycles. The van der Waals surface area contributed by atoms with Gasteiger partial charge in [-0.2, -0.15) is 0 Å². The van der Waals surface area contributed by atoms with Crippen LogP contribution >= 0.6 is 11.3 Å². The highest BCUT2D eigenvalue weighted by Crippen LogP contribution is 2.18. The normalized spacial score (nSPS) is 16.4. The number of nitrogens with one attached hydrogen (secondary N) is 1. The molecule has 0 saturated heterocycles. The van der Waals surface area contributed by atoms with E-state index in [-0.39, 0.29) is 11.9 Å². The molecule has 0 fully saturated rings. The van der Waals surface area contributed by atoms with Crippen molar-refractivity contribution >= 4 is 17.2 Å². The Bertz CT molecular complexity index is 937. The van der Waals surface area contributed by atoms with Gasteiger partial charge in [0, 0.05) is 37.9 Å². The van der Waals surface area contributed by atoms with Crippen LogP contribution in [0, 0.1) is 0 Å². The molecule has 0 spiro atoms. The summed E-state index contributed by atoms with van der Waals surface area (Å²) in [7, 11) is 1.65. The number of carbonyl (C=O) groups excluding carboxylic acids is 1. The number of methoxy groups -OCH3 is 1. The summed E-state index contributed by atoms with van der Waals surface area (Å²) < 4.78 is 7.29. The zero-order chi connectivity index (χ0) is 19.3. The highest BCUT2D eigenvalue weighted by atomic mass is 32.1. The van der Waals surface area contributed by atoms with Crippen LogP contribution < -0.4 is 5.32 Å². The summed E-state index contributed by atoms with van der Waals surface area (Å²) >= 11 is 1.53. The average Bonchev–Trinajstić information content (AvgIpc) is 3.27. The first-order chi connectivity index (χ1) is 13.7. The number of aryl methyl sites for hydroxylation is 1. The number of fused-ring (bicyclic) bond motifs is 1. The van der Waals surface area contributed by atoms with E-state index < -0.39 is 0 Å². The quantitative estimate of drug-likeness (QED) is 0.691. The Balaban J connectivity index is 1.35. The number of hydrogen-bond acceptors (Lipinski definition) is 6. The molecular weight excluding hydrogens is 374 g/mol. The molecule has 3 heterocycles. The van der Waals surface area contributed by atoms with Crippen molar-refractivity contribution in [2.24, 2.45) is 0 Å². The Kier molecular flexibility index (Phi) is 5.78. The summed E-state index contributed by atoms with van der Waals surface area (Å²) in [4.78, 5) is 17.2. The van der Waals surface area contributed by atoms with Crippen LogP contribution in [0.4, 0.5) is 0 Å². The fourth-order valence-electron chi connectivity index (χ4n) is 3.45. The monoisotopic (exact) mass is 397 g/mol. The molecule has 1 amide bonds. The van der Waals surface area contributed by atoms with Gasteiger partial charge in [0.1, 0.15) is 18.1 Å². The van der Waals surface area contributed by atoms with Gasteiger partial charge >= 0.3 is 0 Å². The third-order valence-corrected chi connectivity index (χ3v) is 5.76. The van der Waals surface area contributed by atoms with Gasteiger partial charge in [-0.25, -0.2) is 4.98 Å². The third-order valence-electron chi connectivity index (χ3n) is 4.91. The summed E-state index contributed by atoms with van der Waals surface area (Å²) in [6.07, 6.45) is 3.23. The number of amides is 1. The molecule has 8 heteroatoms. The number of aromatic nitrogens is 4. The lowest BCUT2D eigenvalue weighted by atomic mass is 10.1. The van der Waals surface area contributed by atoms with Crippen molar-refractivity contribution in [2.75, 3.05) is 7.11 Å². The molecule has 0 bridgehead atoms. The minimum absolute atomic E-state index is 0.101. The molecule has 1 aliphatic rings. The van der Waals surface area contributed by atoms with Crippen molar-refractivity contribution in [1.29, 1.82) is 0 Å². The molecule has 146 valence electrons. The van der Waals surface area contributed by atoms with Gasteiger partial charge in [0.2, 0.25) is 0 Å². The number of ether oxygens (including phenoxy) is 1. The summed E-state index contributed by atoms with van der Waals surface area (Å²) in [6.45, 7) is 1.23. The maximum atomic E-state index is 12.6. The smallest absolute Gasteiger partial charge is 0.270 e. The first-order valence-corrected chi connectivity index (χ1v) is 10.3. The molecule has 1 unspecified atom stereocenters. The van der Waals surface area contributed by atoms with Crippen LogP contribution in [0.1, 0.15) is 45.5 Å². The van der Waals surface area contributed by atoms with Gasteiger partial charge in [0.25, 0.3) is 5.91 Å². The van der Waals surface area contributed by atoms with Crippen LogP contribution in [0.5, 0.6) is 0 Å². The van der Waals surface area contributed by atoms with Gasteiger partial charge in [-0.05, 0) is 18.4 Å². The lowest BCUT2D eigenvalue weighted by Gasteiger charge is -2.15. The summed E-state index contributed by atoms with van der Waals surface area (Å²) in [5, 5.41) is 14.4. The number of benzene rings is 1. The molecule has 1 atom stereocenters. The van der Waals surface area contributed by atoms with Gasteiger partial charge in [-0.1, -0.05) is 30.3 Å². The molecule has 4 rings (SSSR count). The molecule has 3 aromatic rings. The fraction of sp³-hybridized carbons (Fsp3) is 0.400. The number of carbonyl (C=O) groups is 1. The molecule has 1 aromatic carbocycles. The van der Waals surface area contributed by atoms with Crippen molar-refractivity contribution < 1.29 is 9.53 Å². The van der Waals surface area contributed by atoms with Crippen LogP contribution in [0.2, 0.25) is 0 Å². The zero-order valence-electron chi connectivity index (χ0n) is 15.8. The molecule has 7 nitrogen and oxygen atoms in total. The van der Waals surface area contributed by atoms with Gasteiger partial charge in [0.15, 0.2) is 5.82 Å². The highest BCUT2D eigenvalue weighted by molar-refractivity contribution is 7.09. The van der Waals surface area contributed by atoms with Crippen LogP contribution in [0.15, 0.2) is 35.7 Å². The minimum Gasteiger partial charge on any atom is -0.377 e. The van der Waals surface area contributed by atoms with E-state index in [4.69, 9.17) is 4.74 Å². The third kappa shape index (κ3) is 4.28. The largest absolute Gasteiger partial charge is 0.377 e. The van der Waals surface area contributed by atoms with Gasteiger partial charge in [0.05, 0.1) is 5.01 Å². The van der Waals surface area contributed by atoms with Crippen LogP contribution in [0.3, 0.4) is 0 Å². The van der Waals surface area contributed by atoms with Crippen molar-refractivity contribution in [3.05, 3.63) is 63.6 Å². The maximum absolute atomic E-state index is 12.6. The SMILES string of the molecule is COCc1nnc2n1CCC(NC(=O)c1csc(Cc3ccccc3)n1)CC2. The number of nitrogens with zero attached hydrogens (tertiary/aromatic N) is 4. The summed E-state index contributed by atoms with van der Waals surface area (Å²) in [5.41, 5.74) is 1.70. The first-order valence-electron chi connectivity index (χ1n) is 9.42. The number of hydrogen-bond donors (Lipinski definition) is 1. The Hall–Kier alpha value is -2.58. The topological polar surface area (TPSA) is 81.9 Å². The summed E-state index contributed by atoms with van der Waals surface area (Å²) in [6, 6.07) is 10.3. The lowest BCUT2D eigenvalue weighted by molar-refractivity contribution is 0.0928. The van der Waals surface area contributed by atoms with Crippen molar-refractivity contribution in [3.63, 3.8) is 0 Å².